The molecule has 2 aromatic rings. The second-order valence-electron chi connectivity index (χ2n) is 6.40. The zero-order valence-electron chi connectivity index (χ0n) is 15.3. The third kappa shape index (κ3) is 2.91. The van der Waals surface area contributed by atoms with E-state index in [1.807, 2.05) is 34.6 Å². The summed E-state index contributed by atoms with van der Waals surface area (Å²) in [5.74, 6) is 0.391. The highest BCUT2D eigenvalue weighted by Gasteiger charge is 2.22. The summed E-state index contributed by atoms with van der Waals surface area (Å²) in [5, 5.41) is 9.91. The van der Waals surface area contributed by atoms with Crippen molar-refractivity contribution >= 4 is 18.6 Å². The number of aryl methyl sites for hydroxylation is 1. The predicted molar refractivity (Wildman–Crippen MR) is 99.9 cm³/mol. The normalized spacial score (nSPS) is 10.8. The molecule has 0 saturated carbocycles. The maximum absolute atomic E-state index is 12.8. The van der Waals surface area contributed by atoms with Crippen molar-refractivity contribution in [3.8, 4) is 11.5 Å². The molecule has 0 aliphatic carbocycles. The Morgan fingerprint density at radius 3 is 1.88 bits per heavy atom. The highest BCUT2D eigenvalue weighted by molar-refractivity contribution is 7.80. The van der Waals surface area contributed by atoms with Gasteiger partial charge >= 0.3 is 5.97 Å². The summed E-state index contributed by atoms with van der Waals surface area (Å²) in [4.78, 5) is 13.7. The average molecular weight is 344 g/mol. The summed E-state index contributed by atoms with van der Waals surface area (Å²) < 4.78 is 5.78. The van der Waals surface area contributed by atoms with Crippen LogP contribution in [0.1, 0.15) is 49.3 Å². The molecule has 0 aromatic heterocycles. The van der Waals surface area contributed by atoms with Crippen molar-refractivity contribution in [2.75, 3.05) is 0 Å². The fourth-order valence-electron chi connectivity index (χ4n) is 2.93. The lowest BCUT2D eigenvalue weighted by atomic mass is 9.97. The first-order valence-corrected chi connectivity index (χ1v) is 8.33. The lowest BCUT2D eigenvalue weighted by molar-refractivity contribution is 0.0730. The number of phenolic OH excluding ortho intramolecular Hbond substituents is 1. The van der Waals surface area contributed by atoms with Gasteiger partial charge in [-0.2, -0.15) is 0 Å². The van der Waals surface area contributed by atoms with E-state index in [4.69, 9.17) is 4.74 Å². The summed E-state index contributed by atoms with van der Waals surface area (Å²) in [6.07, 6.45) is 0. The minimum Gasteiger partial charge on any atom is -0.508 e. The Balaban J connectivity index is 2.55. The van der Waals surface area contributed by atoms with Gasteiger partial charge in [0.05, 0.1) is 5.56 Å². The topological polar surface area (TPSA) is 46.5 Å². The van der Waals surface area contributed by atoms with E-state index in [0.29, 0.717) is 22.4 Å². The molecule has 0 amide bonds. The number of rotatable bonds is 2. The van der Waals surface area contributed by atoms with Crippen molar-refractivity contribution in [2.24, 2.45) is 0 Å². The first-order valence-electron chi connectivity index (χ1n) is 7.89. The molecule has 2 aromatic carbocycles. The second-order valence-corrected chi connectivity index (χ2v) is 6.85. The molecule has 1 N–H and O–H groups in total. The van der Waals surface area contributed by atoms with Crippen LogP contribution in [0.2, 0.25) is 0 Å². The van der Waals surface area contributed by atoms with Crippen molar-refractivity contribution in [3.05, 3.63) is 50.6 Å². The summed E-state index contributed by atoms with van der Waals surface area (Å²) >= 11 is 4.55. The van der Waals surface area contributed by atoms with Crippen LogP contribution >= 0.6 is 12.6 Å². The van der Waals surface area contributed by atoms with Crippen molar-refractivity contribution < 1.29 is 14.6 Å². The maximum atomic E-state index is 12.8. The van der Waals surface area contributed by atoms with Crippen LogP contribution in [0.3, 0.4) is 0 Å². The second kappa shape index (κ2) is 6.52. The van der Waals surface area contributed by atoms with Crippen LogP contribution in [0.4, 0.5) is 0 Å². The predicted octanol–water partition coefficient (Wildman–Crippen LogP) is 5.06. The van der Waals surface area contributed by atoms with Crippen molar-refractivity contribution in [1.82, 2.24) is 0 Å². The average Bonchev–Trinajstić information content (AvgIpc) is 2.53. The molecule has 0 saturated heterocycles. The van der Waals surface area contributed by atoms with Gasteiger partial charge in [-0.3, -0.25) is 0 Å². The van der Waals surface area contributed by atoms with Crippen molar-refractivity contribution in [3.63, 3.8) is 0 Å². The summed E-state index contributed by atoms with van der Waals surface area (Å²) in [6.45, 7) is 13.2. The fourth-order valence-corrected chi connectivity index (χ4v) is 3.27. The van der Waals surface area contributed by atoms with Gasteiger partial charge in [0.2, 0.25) is 0 Å². The molecule has 0 atom stereocenters. The minimum atomic E-state index is -0.398. The fraction of sp³-hybridized carbons (Fsp3) is 0.350. The maximum Gasteiger partial charge on any atom is 0.344 e. The molecule has 0 spiro atoms. The van der Waals surface area contributed by atoms with E-state index in [-0.39, 0.29) is 5.75 Å². The number of aromatic hydroxyl groups is 1. The van der Waals surface area contributed by atoms with Gasteiger partial charge in [-0.15, -0.1) is 12.6 Å². The minimum absolute atomic E-state index is 0.194. The first-order chi connectivity index (χ1) is 11.1. The van der Waals surface area contributed by atoms with E-state index in [0.717, 1.165) is 32.7 Å². The Morgan fingerprint density at radius 1 is 0.875 bits per heavy atom. The third-order valence-corrected chi connectivity index (χ3v) is 5.66. The smallest absolute Gasteiger partial charge is 0.344 e. The van der Waals surface area contributed by atoms with Crippen LogP contribution in [0, 0.1) is 48.5 Å². The van der Waals surface area contributed by atoms with E-state index < -0.39 is 5.97 Å². The molecule has 0 bridgehead atoms. The lowest BCUT2D eigenvalue weighted by Gasteiger charge is -2.19. The van der Waals surface area contributed by atoms with Gasteiger partial charge in [0.1, 0.15) is 11.5 Å². The Bertz CT molecular complexity index is 822. The largest absolute Gasteiger partial charge is 0.508 e. The van der Waals surface area contributed by atoms with Crippen LogP contribution in [-0.4, -0.2) is 11.1 Å². The van der Waals surface area contributed by atoms with Gasteiger partial charge in [0.25, 0.3) is 0 Å². The van der Waals surface area contributed by atoms with Gasteiger partial charge in [-0.05, 0) is 93.5 Å². The molecule has 0 unspecified atom stereocenters. The van der Waals surface area contributed by atoms with Crippen LogP contribution in [0.15, 0.2) is 11.0 Å². The number of hydrogen-bond donors (Lipinski definition) is 2. The third-order valence-electron chi connectivity index (χ3n) is 4.98. The van der Waals surface area contributed by atoms with E-state index in [1.165, 1.54) is 0 Å². The molecule has 4 heteroatoms. The molecular formula is C20H24O3S. The lowest BCUT2D eigenvalue weighted by Crippen LogP contribution is -2.15. The SMILES string of the molecule is Cc1cc(O)c(C)c(C)c1C(=O)Oc1c(C)c(C)c(S)c(C)c1C. The monoisotopic (exact) mass is 344 g/mol. The number of hydrogen-bond acceptors (Lipinski definition) is 4. The summed E-state index contributed by atoms with van der Waals surface area (Å²) in [6, 6.07) is 1.60. The van der Waals surface area contributed by atoms with Crippen LogP contribution in [-0.2, 0) is 0 Å². The summed E-state index contributed by atoms with van der Waals surface area (Å²) in [7, 11) is 0. The molecule has 2 rings (SSSR count). The van der Waals surface area contributed by atoms with Crippen LogP contribution in [0.5, 0.6) is 11.5 Å². The Hall–Kier alpha value is -1.94. The number of carbonyl (C=O) groups is 1. The highest BCUT2D eigenvalue weighted by atomic mass is 32.1. The zero-order valence-corrected chi connectivity index (χ0v) is 16.2. The van der Waals surface area contributed by atoms with E-state index in [9.17, 15) is 9.90 Å². The number of esters is 1. The van der Waals surface area contributed by atoms with Gasteiger partial charge in [0, 0.05) is 4.90 Å². The Labute approximate surface area is 149 Å². The Kier molecular flexibility index (Phi) is 5.00. The highest BCUT2D eigenvalue weighted by Crippen LogP contribution is 2.35. The quantitative estimate of drug-likeness (QED) is 0.455. The standard InChI is InChI=1S/C20H24O3S/c1-9-8-16(21)10(2)11(3)17(9)20(22)23-18-12(4)14(6)19(24)15(7)13(18)5/h8,21,24H,1-7H3. The summed E-state index contributed by atoms with van der Waals surface area (Å²) in [5.41, 5.74) is 6.51. The molecule has 0 aliphatic heterocycles. The molecule has 128 valence electrons. The molecule has 0 aliphatic rings. The molecule has 0 radical (unpaired) electrons. The molecular weight excluding hydrogens is 320 g/mol. The number of thiol groups is 1. The van der Waals surface area contributed by atoms with E-state index >= 15 is 0 Å². The van der Waals surface area contributed by atoms with E-state index in [2.05, 4.69) is 12.6 Å². The van der Waals surface area contributed by atoms with Gasteiger partial charge in [-0.25, -0.2) is 4.79 Å². The van der Waals surface area contributed by atoms with Gasteiger partial charge in [-0.1, -0.05) is 0 Å². The van der Waals surface area contributed by atoms with Gasteiger partial charge < -0.3 is 9.84 Å². The number of carbonyl (C=O) groups excluding carboxylic acids is 1. The van der Waals surface area contributed by atoms with Gasteiger partial charge in [0.15, 0.2) is 0 Å². The molecule has 24 heavy (non-hydrogen) atoms. The molecule has 0 heterocycles. The Morgan fingerprint density at radius 2 is 1.38 bits per heavy atom. The zero-order chi connectivity index (χ0) is 18.3. The van der Waals surface area contributed by atoms with E-state index in [1.54, 1.807) is 19.9 Å². The van der Waals surface area contributed by atoms with Crippen LogP contribution < -0.4 is 4.74 Å². The molecule has 3 nitrogen and oxygen atoms in total. The molecule has 0 fully saturated rings. The number of benzene rings is 2. The number of ether oxygens (including phenoxy) is 1. The first kappa shape index (κ1) is 18.4. The number of phenols is 1. The van der Waals surface area contributed by atoms with Crippen LogP contribution in [0.25, 0.3) is 0 Å². The van der Waals surface area contributed by atoms with Crippen molar-refractivity contribution in [1.29, 1.82) is 0 Å². The van der Waals surface area contributed by atoms with Crippen molar-refractivity contribution in [2.45, 2.75) is 53.4 Å².